The molecule has 0 bridgehead atoms. The molecule has 1 heterocycles. The lowest BCUT2D eigenvalue weighted by Crippen LogP contribution is -2.47. The third kappa shape index (κ3) is 3.29. The van der Waals surface area contributed by atoms with Crippen LogP contribution in [0.1, 0.15) is 23.2 Å². The minimum absolute atomic E-state index is 0.0207. The predicted octanol–water partition coefficient (Wildman–Crippen LogP) is 2.10. The van der Waals surface area contributed by atoms with Gasteiger partial charge in [0.25, 0.3) is 0 Å². The van der Waals surface area contributed by atoms with Crippen molar-refractivity contribution in [1.82, 2.24) is 4.90 Å². The van der Waals surface area contributed by atoms with Crippen LogP contribution >= 0.6 is 15.9 Å². The van der Waals surface area contributed by atoms with Crippen molar-refractivity contribution in [3.63, 3.8) is 0 Å². The quantitative estimate of drug-likeness (QED) is 0.767. The molecule has 20 heavy (non-hydrogen) atoms. The van der Waals surface area contributed by atoms with E-state index in [1.807, 2.05) is 0 Å². The number of halogens is 1. The minimum atomic E-state index is -1.09. The molecule has 0 aromatic heterocycles. The summed E-state index contributed by atoms with van der Waals surface area (Å²) in [5.41, 5.74) is 6.16. The molecular weight excluding hydrogens is 326 g/mol. The van der Waals surface area contributed by atoms with Gasteiger partial charge in [-0.3, -0.25) is 0 Å². The Labute approximate surface area is 125 Å². The van der Waals surface area contributed by atoms with Gasteiger partial charge in [0.15, 0.2) is 0 Å². The number of carboxylic acid groups (broad SMARTS) is 1. The van der Waals surface area contributed by atoms with Gasteiger partial charge in [0.05, 0.1) is 11.3 Å². The third-order valence-electron chi connectivity index (χ3n) is 3.22. The van der Waals surface area contributed by atoms with Crippen LogP contribution in [0.3, 0.4) is 0 Å². The predicted molar refractivity (Wildman–Crippen MR) is 78.9 cm³/mol. The molecule has 4 N–H and O–H groups in total. The number of benzene rings is 1. The number of nitrogens with zero attached hydrogens (tertiary/aromatic N) is 1. The molecule has 0 spiro atoms. The standard InChI is InChI=1S/C13H16BrN3O3/c14-10-5-1-4-9(12(18)19)11(10)16-13(20)17-6-2-3-8(15)7-17/h1,4-5,8H,2-3,6-7,15H2,(H,16,20)(H,18,19). The van der Waals surface area contributed by atoms with E-state index in [2.05, 4.69) is 21.2 Å². The van der Waals surface area contributed by atoms with Crippen LogP contribution in [-0.4, -0.2) is 41.1 Å². The molecule has 0 aliphatic carbocycles. The number of carboxylic acids is 1. The normalized spacial score (nSPS) is 18.7. The lowest BCUT2D eigenvalue weighted by Gasteiger charge is -2.31. The van der Waals surface area contributed by atoms with Gasteiger partial charge < -0.3 is 21.1 Å². The molecular formula is C13H16BrN3O3. The van der Waals surface area contributed by atoms with Crippen LogP contribution in [0.5, 0.6) is 0 Å². The van der Waals surface area contributed by atoms with Gasteiger partial charge in [-0.1, -0.05) is 6.07 Å². The first-order chi connectivity index (χ1) is 9.49. The maximum absolute atomic E-state index is 12.2. The Morgan fingerprint density at radius 1 is 1.45 bits per heavy atom. The molecule has 0 saturated carbocycles. The number of likely N-dealkylation sites (tertiary alicyclic amines) is 1. The molecule has 6 nitrogen and oxygen atoms in total. The number of anilines is 1. The first-order valence-electron chi connectivity index (χ1n) is 6.32. The van der Waals surface area contributed by atoms with Gasteiger partial charge in [-0.15, -0.1) is 0 Å². The summed E-state index contributed by atoms with van der Waals surface area (Å²) < 4.78 is 0.534. The molecule has 1 saturated heterocycles. The average molecular weight is 342 g/mol. The molecule has 1 fully saturated rings. The van der Waals surface area contributed by atoms with E-state index in [-0.39, 0.29) is 23.3 Å². The van der Waals surface area contributed by atoms with Crippen LogP contribution in [-0.2, 0) is 0 Å². The number of hydrogen-bond donors (Lipinski definition) is 3. The maximum Gasteiger partial charge on any atom is 0.337 e. The highest BCUT2D eigenvalue weighted by Crippen LogP contribution is 2.27. The number of nitrogens with one attached hydrogen (secondary N) is 1. The summed E-state index contributed by atoms with van der Waals surface area (Å²) in [6, 6.07) is 4.40. The summed E-state index contributed by atoms with van der Waals surface area (Å²) in [5, 5.41) is 11.8. The van der Waals surface area contributed by atoms with Crippen molar-refractivity contribution in [3.05, 3.63) is 28.2 Å². The number of aromatic carboxylic acids is 1. The molecule has 1 atom stereocenters. The van der Waals surface area contributed by atoms with Gasteiger partial charge >= 0.3 is 12.0 Å². The Morgan fingerprint density at radius 2 is 2.20 bits per heavy atom. The molecule has 1 aromatic rings. The summed E-state index contributed by atoms with van der Waals surface area (Å²) in [6.07, 6.45) is 1.76. The Morgan fingerprint density at radius 3 is 2.85 bits per heavy atom. The molecule has 7 heteroatoms. The molecule has 2 amide bonds. The number of urea groups is 1. The maximum atomic E-state index is 12.2. The van der Waals surface area contributed by atoms with Crippen LogP contribution in [0.15, 0.2) is 22.7 Å². The van der Waals surface area contributed by atoms with Crippen molar-refractivity contribution in [1.29, 1.82) is 0 Å². The number of nitrogens with two attached hydrogens (primary N) is 1. The summed E-state index contributed by atoms with van der Waals surface area (Å²) >= 11 is 3.26. The van der Waals surface area contributed by atoms with Crippen molar-refractivity contribution in [2.75, 3.05) is 18.4 Å². The second kappa shape index (κ2) is 6.23. The van der Waals surface area contributed by atoms with E-state index in [0.29, 0.717) is 17.6 Å². The van der Waals surface area contributed by atoms with E-state index in [9.17, 15) is 9.59 Å². The summed E-state index contributed by atoms with van der Waals surface area (Å²) in [5.74, 6) is -1.09. The first-order valence-corrected chi connectivity index (χ1v) is 7.11. The molecule has 1 unspecified atom stereocenters. The Balaban J connectivity index is 2.17. The van der Waals surface area contributed by atoms with Gasteiger partial charge in [-0.05, 0) is 40.9 Å². The fourth-order valence-corrected chi connectivity index (χ4v) is 2.68. The summed E-state index contributed by atoms with van der Waals surface area (Å²) in [7, 11) is 0. The zero-order chi connectivity index (χ0) is 14.7. The van der Waals surface area contributed by atoms with Crippen molar-refractivity contribution in [2.45, 2.75) is 18.9 Å². The van der Waals surface area contributed by atoms with Gasteiger partial charge in [0.2, 0.25) is 0 Å². The minimum Gasteiger partial charge on any atom is -0.478 e. The van der Waals surface area contributed by atoms with Gasteiger partial charge in [0.1, 0.15) is 0 Å². The Hall–Kier alpha value is -1.60. The monoisotopic (exact) mass is 341 g/mol. The molecule has 108 valence electrons. The fraction of sp³-hybridized carbons (Fsp3) is 0.385. The topological polar surface area (TPSA) is 95.7 Å². The van der Waals surface area contributed by atoms with E-state index in [1.165, 1.54) is 6.07 Å². The zero-order valence-corrected chi connectivity index (χ0v) is 12.4. The van der Waals surface area contributed by atoms with Crippen molar-refractivity contribution < 1.29 is 14.7 Å². The first kappa shape index (κ1) is 14.8. The molecule has 2 rings (SSSR count). The van der Waals surface area contributed by atoms with Gasteiger partial charge in [-0.2, -0.15) is 0 Å². The number of piperidine rings is 1. The number of hydrogen-bond acceptors (Lipinski definition) is 3. The molecule has 1 aliphatic rings. The summed E-state index contributed by atoms with van der Waals surface area (Å²) in [6.45, 7) is 1.12. The van der Waals surface area contributed by atoms with Crippen molar-refractivity contribution >= 4 is 33.6 Å². The van der Waals surface area contributed by atoms with Crippen LogP contribution < -0.4 is 11.1 Å². The second-order valence-electron chi connectivity index (χ2n) is 4.75. The van der Waals surface area contributed by atoms with E-state index in [1.54, 1.807) is 17.0 Å². The number of amides is 2. The van der Waals surface area contributed by atoms with E-state index < -0.39 is 5.97 Å². The highest BCUT2D eigenvalue weighted by atomic mass is 79.9. The number of para-hydroxylation sites is 1. The van der Waals surface area contributed by atoms with Gasteiger partial charge in [-0.25, -0.2) is 9.59 Å². The van der Waals surface area contributed by atoms with Crippen LogP contribution in [0.4, 0.5) is 10.5 Å². The zero-order valence-electron chi connectivity index (χ0n) is 10.8. The number of carbonyl (C=O) groups excluding carboxylic acids is 1. The Bertz CT molecular complexity index is 536. The lowest BCUT2D eigenvalue weighted by atomic mass is 10.1. The molecule has 0 radical (unpaired) electrons. The number of rotatable bonds is 2. The van der Waals surface area contributed by atoms with E-state index in [0.717, 1.165) is 12.8 Å². The largest absolute Gasteiger partial charge is 0.478 e. The van der Waals surface area contributed by atoms with E-state index in [4.69, 9.17) is 10.8 Å². The van der Waals surface area contributed by atoms with Crippen LogP contribution in [0.25, 0.3) is 0 Å². The lowest BCUT2D eigenvalue weighted by molar-refractivity contribution is 0.0698. The Kier molecular flexibility index (Phi) is 4.61. The second-order valence-corrected chi connectivity index (χ2v) is 5.60. The van der Waals surface area contributed by atoms with Crippen LogP contribution in [0.2, 0.25) is 0 Å². The smallest absolute Gasteiger partial charge is 0.337 e. The van der Waals surface area contributed by atoms with Crippen molar-refractivity contribution in [3.8, 4) is 0 Å². The van der Waals surface area contributed by atoms with Gasteiger partial charge in [0, 0.05) is 23.6 Å². The number of carbonyl (C=O) groups is 2. The third-order valence-corrected chi connectivity index (χ3v) is 3.88. The average Bonchev–Trinajstić information content (AvgIpc) is 2.40. The SMILES string of the molecule is NC1CCCN(C(=O)Nc2c(Br)cccc2C(=O)O)C1. The highest BCUT2D eigenvalue weighted by Gasteiger charge is 2.23. The molecule has 1 aromatic carbocycles. The summed E-state index contributed by atoms with van der Waals surface area (Å²) in [4.78, 5) is 25.0. The van der Waals surface area contributed by atoms with Crippen molar-refractivity contribution in [2.24, 2.45) is 5.73 Å². The highest BCUT2D eigenvalue weighted by molar-refractivity contribution is 9.10. The van der Waals surface area contributed by atoms with Crippen LogP contribution in [0, 0.1) is 0 Å². The molecule has 1 aliphatic heterocycles. The fourth-order valence-electron chi connectivity index (χ4n) is 2.21. The van der Waals surface area contributed by atoms with E-state index >= 15 is 0 Å².